The van der Waals surface area contributed by atoms with E-state index in [9.17, 15) is 9.36 Å². The number of halogens is 1. The summed E-state index contributed by atoms with van der Waals surface area (Å²) >= 11 is 3.62. The van der Waals surface area contributed by atoms with Crippen molar-refractivity contribution < 1.29 is 4.57 Å². The molecule has 0 saturated heterocycles. The van der Waals surface area contributed by atoms with Crippen LogP contribution in [0.5, 0.6) is 0 Å². The first-order valence-electron chi connectivity index (χ1n) is 11.8. The first kappa shape index (κ1) is 26.8. The van der Waals surface area contributed by atoms with E-state index in [-0.39, 0.29) is 5.56 Å². The number of benzene rings is 2. The molecule has 0 fully saturated rings. The fraction of sp³-hybridized carbons (Fsp3) is 0.207. The zero-order valence-corrected chi connectivity index (χ0v) is 24.0. The van der Waals surface area contributed by atoms with Crippen molar-refractivity contribution >= 4 is 34.0 Å². The zero-order valence-electron chi connectivity index (χ0n) is 21.6. The summed E-state index contributed by atoms with van der Waals surface area (Å²) in [6.45, 7) is 7.42. The molecule has 37 heavy (non-hydrogen) atoms. The molecule has 3 aromatic heterocycles. The molecule has 0 bridgehead atoms. The topological polar surface area (TPSA) is 80.6 Å². The Morgan fingerprint density at radius 3 is 2.24 bits per heavy atom. The van der Waals surface area contributed by atoms with Crippen molar-refractivity contribution in [3.63, 3.8) is 0 Å². The monoisotopic (exact) mass is 576 g/mol. The second-order valence-electron chi connectivity index (χ2n) is 9.91. The molecule has 1 atom stereocenters. The molecule has 0 radical (unpaired) electrons. The van der Waals surface area contributed by atoms with Crippen molar-refractivity contribution in [1.29, 1.82) is 0 Å². The normalized spacial score (nSPS) is 13.0. The zero-order chi connectivity index (χ0) is 26.8. The van der Waals surface area contributed by atoms with Crippen LogP contribution in [0.1, 0.15) is 23.7 Å². The lowest BCUT2D eigenvalue weighted by atomic mass is 9.73. The van der Waals surface area contributed by atoms with Gasteiger partial charge in [-0.3, -0.25) is 9.78 Å². The van der Waals surface area contributed by atoms with Crippen molar-refractivity contribution in [3.05, 3.63) is 117 Å². The Bertz CT molecular complexity index is 1630. The number of fused-ring (bicyclic) bond motifs is 1. The molecule has 5 rings (SSSR count). The number of H-pyrrole nitrogens is 1. The molecule has 0 aliphatic heterocycles. The smallest absolute Gasteiger partial charge is 0.251 e. The Hall–Kier alpha value is -3.28. The molecule has 0 aliphatic carbocycles. The van der Waals surface area contributed by atoms with E-state index >= 15 is 0 Å². The molecule has 0 aliphatic rings. The van der Waals surface area contributed by atoms with Gasteiger partial charge in [-0.05, 0) is 85.6 Å². The van der Waals surface area contributed by atoms with Gasteiger partial charge in [0.15, 0.2) is 0 Å². The number of imidazole rings is 1. The Labute approximate surface area is 225 Å². The molecule has 8 heteroatoms. The number of nitrogens with zero attached hydrogens (tertiary/aromatic N) is 3. The summed E-state index contributed by atoms with van der Waals surface area (Å²) in [5, 5.41) is 1.01. The van der Waals surface area contributed by atoms with E-state index in [1.165, 1.54) is 0 Å². The summed E-state index contributed by atoms with van der Waals surface area (Å²) in [4.78, 5) is 24.4. The van der Waals surface area contributed by atoms with Gasteiger partial charge < -0.3 is 14.1 Å². The SMILES string of the molecule is CP(C)(C)=O.Cn1c(=O)cc(-c2ccncc2)c2cc(C(C)(c3cccc(Br)c3)c3cnc[nH]3)ccc21. The number of pyridine rings is 2. The van der Waals surface area contributed by atoms with Crippen LogP contribution in [0.2, 0.25) is 0 Å². The Kier molecular flexibility index (Phi) is 7.67. The Balaban J connectivity index is 0.000000586. The van der Waals surface area contributed by atoms with Gasteiger partial charge in [0.05, 0.1) is 24.4 Å². The van der Waals surface area contributed by atoms with Gasteiger partial charge in [-0.1, -0.05) is 34.1 Å². The highest BCUT2D eigenvalue weighted by molar-refractivity contribution is 9.10. The van der Waals surface area contributed by atoms with Crippen molar-refractivity contribution in [1.82, 2.24) is 19.5 Å². The summed E-state index contributed by atoms with van der Waals surface area (Å²) in [5.41, 5.74) is 5.45. The van der Waals surface area contributed by atoms with E-state index in [4.69, 9.17) is 0 Å². The number of aromatic nitrogens is 4. The maximum atomic E-state index is 12.7. The van der Waals surface area contributed by atoms with Crippen LogP contribution in [-0.4, -0.2) is 39.5 Å². The van der Waals surface area contributed by atoms with Crippen LogP contribution in [0.15, 0.2) is 94.8 Å². The average molecular weight is 577 g/mol. The van der Waals surface area contributed by atoms with Crippen molar-refractivity contribution in [2.24, 2.45) is 7.05 Å². The van der Waals surface area contributed by atoms with E-state index < -0.39 is 12.6 Å². The van der Waals surface area contributed by atoms with Gasteiger partial charge in [0.2, 0.25) is 0 Å². The second-order valence-corrected chi connectivity index (χ2v) is 14.6. The van der Waals surface area contributed by atoms with Crippen LogP contribution in [0, 0.1) is 0 Å². The lowest BCUT2D eigenvalue weighted by molar-refractivity contribution is 0.586. The number of hydrogen-bond acceptors (Lipinski definition) is 4. The summed E-state index contributed by atoms with van der Waals surface area (Å²) < 4.78 is 12.9. The predicted molar refractivity (Wildman–Crippen MR) is 156 cm³/mol. The minimum atomic E-state index is -1.64. The highest BCUT2D eigenvalue weighted by Gasteiger charge is 2.33. The van der Waals surface area contributed by atoms with E-state index in [0.717, 1.165) is 43.3 Å². The van der Waals surface area contributed by atoms with Gasteiger partial charge in [0, 0.05) is 47.3 Å². The van der Waals surface area contributed by atoms with Crippen LogP contribution in [0.25, 0.3) is 22.0 Å². The van der Waals surface area contributed by atoms with Crippen molar-refractivity contribution in [2.45, 2.75) is 12.3 Å². The first-order chi connectivity index (χ1) is 17.5. The minimum Gasteiger partial charge on any atom is -0.347 e. The molecule has 1 N–H and O–H groups in total. The van der Waals surface area contributed by atoms with Crippen molar-refractivity contribution in [3.8, 4) is 11.1 Å². The fourth-order valence-corrected chi connectivity index (χ4v) is 4.75. The molecule has 0 saturated carbocycles. The quantitative estimate of drug-likeness (QED) is 0.242. The fourth-order valence-electron chi connectivity index (χ4n) is 4.35. The summed E-state index contributed by atoms with van der Waals surface area (Å²) in [6.07, 6.45) is 7.08. The molecule has 3 heterocycles. The number of aryl methyl sites for hydroxylation is 1. The standard InChI is InChI=1S/C26H21BrN4O.C3H9OP/c1-26(24-15-29-16-30-24,18-4-3-5-20(27)12-18)19-6-7-23-22(13-19)21(14-25(32)31(23)2)17-8-10-28-11-9-17;1-5(2,3)4/h3-16H,1-2H3,(H,29,30);1-3H3. The van der Waals surface area contributed by atoms with Gasteiger partial charge >= 0.3 is 0 Å². The Morgan fingerprint density at radius 2 is 1.62 bits per heavy atom. The third-order valence-electron chi connectivity index (χ3n) is 6.25. The van der Waals surface area contributed by atoms with E-state index in [1.54, 1.807) is 49.3 Å². The Morgan fingerprint density at radius 1 is 0.946 bits per heavy atom. The third-order valence-corrected chi connectivity index (χ3v) is 6.75. The van der Waals surface area contributed by atoms with Crippen LogP contribution < -0.4 is 5.56 Å². The minimum absolute atomic E-state index is 0.0413. The maximum absolute atomic E-state index is 12.7. The second kappa shape index (κ2) is 10.6. The number of nitrogens with one attached hydrogen (secondary N) is 1. The highest BCUT2D eigenvalue weighted by Crippen LogP contribution is 2.40. The predicted octanol–water partition coefficient (Wildman–Crippen LogP) is 6.68. The van der Waals surface area contributed by atoms with Gasteiger partial charge in [-0.25, -0.2) is 4.98 Å². The van der Waals surface area contributed by atoms with Gasteiger partial charge in [-0.2, -0.15) is 0 Å². The molecular formula is C29H30BrN4O2P. The molecule has 0 amide bonds. The van der Waals surface area contributed by atoms with Crippen molar-refractivity contribution in [2.75, 3.05) is 20.0 Å². The van der Waals surface area contributed by atoms with Crippen LogP contribution in [0.3, 0.4) is 0 Å². The molecular weight excluding hydrogens is 547 g/mol. The van der Waals surface area contributed by atoms with Gasteiger partial charge in [0.25, 0.3) is 5.56 Å². The summed E-state index contributed by atoms with van der Waals surface area (Å²) in [7, 11) is 0.170. The number of aromatic amines is 1. The lowest BCUT2D eigenvalue weighted by Crippen LogP contribution is -2.26. The van der Waals surface area contributed by atoms with Gasteiger partial charge in [0.1, 0.15) is 0 Å². The first-order valence-corrected chi connectivity index (χ1v) is 15.6. The molecule has 6 nitrogen and oxygen atoms in total. The summed E-state index contributed by atoms with van der Waals surface area (Å²) in [6, 6.07) is 20.2. The van der Waals surface area contributed by atoms with Crippen LogP contribution >= 0.6 is 23.1 Å². The molecule has 5 aromatic rings. The average Bonchev–Trinajstić information content (AvgIpc) is 3.41. The van der Waals surface area contributed by atoms with Gasteiger partial charge in [-0.15, -0.1) is 0 Å². The maximum Gasteiger partial charge on any atom is 0.251 e. The lowest BCUT2D eigenvalue weighted by Gasteiger charge is -2.30. The number of hydrogen-bond donors (Lipinski definition) is 1. The van der Waals surface area contributed by atoms with E-state index in [2.05, 4.69) is 62.1 Å². The van der Waals surface area contributed by atoms with Crippen LogP contribution in [0.4, 0.5) is 0 Å². The largest absolute Gasteiger partial charge is 0.347 e. The molecule has 1 unspecified atom stereocenters. The van der Waals surface area contributed by atoms with E-state index in [0.29, 0.717) is 0 Å². The molecule has 2 aromatic carbocycles. The van der Waals surface area contributed by atoms with E-state index in [1.807, 2.05) is 43.6 Å². The summed E-state index contributed by atoms with van der Waals surface area (Å²) in [5.74, 6) is 0. The molecule has 190 valence electrons. The number of rotatable bonds is 4. The third kappa shape index (κ3) is 5.84. The molecule has 0 spiro atoms. The van der Waals surface area contributed by atoms with Crippen LogP contribution in [-0.2, 0) is 17.0 Å². The highest BCUT2D eigenvalue weighted by atomic mass is 79.9.